The number of fused-ring (bicyclic) bond motifs is 5. The Morgan fingerprint density at radius 1 is 1.12 bits per heavy atom. The Labute approximate surface area is 208 Å². The van der Waals surface area contributed by atoms with Crippen molar-refractivity contribution in [3.8, 4) is 0 Å². The van der Waals surface area contributed by atoms with Gasteiger partial charge in [0.2, 0.25) is 0 Å². The lowest BCUT2D eigenvalue weighted by molar-refractivity contribution is -0.170. The maximum absolute atomic E-state index is 11.7. The molecule has 0 saturated heterocycles. The van der Waals surface area contributed by atoms with E-state index in [1.54, 1.807) is 0 Å². The molecule has 10 unspecified atom stereocenters. The van der Waals surface area contributed by atoms with Gasteiger partial charge in [-0.2, -0.15) is 0 Å². The zero-order valence-electron chi connectivity index (χ0n) is 22.8. The second kappa shape index (κ2) is 10.4. The van der Waals surface area contributed by atoms with Gasteiger partial charge in [-0.25, -0.2) is 0 Å². The van der Waals surface area contributed by atoms with Crippen LogP contribution in [0.1, 0.15) is 85.0 Å². The predicted molar refractivity (Wildman–Crippen MR) is 137 cm³/mol. The number of hydrogen-bond donors (Lipinski definition) is 2. The molecule has 5 heteroatoms. The number of nitrogens with one attached hydrogen (secondary N) is 1. The number of hydrogen-bond acceptors (Lipinski definition) is 5. The lowest BCUT2D eigenvalue weighted by atomic mass is 9.43. The second-order valence-electron chi connectivity index (χ2n) is 13.3. The highest BCUT2D eigenvalue weighted by atomic mass is 16.5. The molecule has 0 bridgehead atoms. The summed E-state index contributed by atoms with van der Waals surface area (Å²) >= 11 is 0. The molecule has 5 nitrogen and oxygen atoms in total. The summed E-state index contributed by atoms with van der Waals surface area (Å²) in [5.41, 5.74) is 0.393. The molecule has 34 heavy (non-hydrogen) atoms. The molecule has 0 aromatic heterocycles. The molecule has 4 fully saturated rings. The van der Waals surface area contributed by atoms with E-state index < -0.39 is 0 Å². The van der Waals surface area contributed by atoms with E-state index in [0.29, 0.717) is 41.5 Å². The van der Waals surface area contributed by atoms with Crippen LogP contribution in [0.3, 0.4) is 0 Å². The van der Waals surface area contributed by atoms with E-state index in [2.05, 4.69) is 45.1 Å². The number of aliphatic hydroxyl groups excluding tert-OH is 1. The maximum atomic E-state index is 11.7. The minimum absolute atomic E-state index is 0.00480. The lowest BCUT2D eigenvalue weighted by Crippen LogP contribution is -2.59. The summed E-state index contributed by atoms with van der Waals surface area (Å²) in [5, 5.41) is 15.6. The summed E-state index contributed by atoms with van der Waals surface area (Å²) in [6.45, 7) is 9.50. The largest absolute Gasteiger partial charge is 0.469 e. The van der Waals surface area contributed by atoms with Gasteiger partial charge in [0.25, 0.3) is 0 Å². The quantitative estimate of drug-likeness (QED) is 0.496. The van der Waals surface area contributed by atoms with Gasteiger partial charge < -0.3 is 20.1 Å². The zero-order chi connectivity index (χ0) is 24.7. The fourth-order valence-corrected chi connectivity index (χ4v) is 9.51. The van der Waals surface area contributed by atoms with Gasteiger partial charge in [-0.1, -0.05) is 20.8 Å². The number of rotatable bonds is 8. The minimum atomic E-state index is -0.210. The van der Waals surface area contributed by atoms with Crippen LogP contribution in [0, 0.1) is 46.3 Å². The average molecular weight is 477 g/mol. The van der Waals surface area contributed by atoms with Crippen LogP contribution in [0.4, 0.5) is 0 Å². The van der Waals surface area contributed by atoms with Crippen LogP contribution in [-0.2, 0) is 9.53 Å². The minimum Gasteiger partial charge on any atom is -0.469 e. The van der Waals surface area contributed by atoms with Crippen LogP contribution >= 0.6 is 0 Å². The Balaban J connectivity index is 1.43. The first kappa shape index (κ1) is 26.4. The van der Waals surface area contributed by atoms with Gasteiger partial charge in [0.05, 0.1) is 13.2 Å². The monoisotopic (exact) mass is 476 g/mol. The standard InChI is InChI=1S/C29H52N2O3/c1-19(7-12-27(33)34-6)23-10-11-24-22-9-8-20-17-21(30-15-16-31(4)5)13-14-28(20,2)25(22)18-26(32)29(23,24)3/h19-26,30,32H,7-18H2,1-6H3. The summed E-state index contributed by atoms with van der Waals surface area (Å²) in [6, 6.07) is 0.667. The number of methoxy groups -OCH3 is 1. The van der Waals surface area contributed by atoms with Crippen molar-refractivity contribution >= 4 is 5.97 Å². The molecule has 0 radical (unpaired) electrons. The predicted octanol–water partition coefficient (Wildman–Crippen LogP) is 4.73. The van der Waals surface area contributed by atoms with Crippen molar-refractivity contribution in [3.63, 3.8) is 0 Å². The van der Waals surface area contributed by atoms with Crippen LogP contribution in [0.5, 0.6) is 0 Å². The molecule has 10 atom stereocenters. The van der Waals surface area contributed by atoms with E-state index >= 15 is 0 Å². The van der Waals surface area contributed by atoms with E-state index in [1.807, 2.05) is 0 Å². The van der Waals surface area contributed by atoms with Crippen LogP contribution in [0.15, 0.2) is 0 Å². The third-order valence-corrected chi connectivity index (χ3v) is 11.6. The van der Waals surface area contributed by atoms with E-state index in [9.17, 15) is 9.90 Å². The van der Waals surface area contributed by atoms with Gasteiger partial charge in [0.1, 0.15) is 0 Å². The topological polar surface area (TPSA) is 61.8 Å². The van der Waals surface area contributed by atoms with Gasteiger partial charge in [-0.05, 0) is 118 Å². The number of ether oxygens (including phenoxy) is 1. The number of carbonyl (C=O) groups excluding carboxylic acids is 1. The van der Waals surface area contributed by atoms with Gasteiger partial charge in [0, 0.05) is 25.6 Å². The first-order valence-electron chi connectivity index (χ1n) is 14.2. The first-order valence-corrected chi connectivity index (χ1v) is 14.2. The fourth-order valence-electron chi connectivity index (χ4n) is 9.51. The number of nitrogens with zero attached hydrogens (tertiary/aromatic N) is 1. The van der Waals surface area contributed by atoms with Gasteiger partial charge >= 0.3 is 5.97 Å². The molecule has 196 valence electrons. The molecule has 0 aromatic carbocycles. The van der Waals surface area contributed by atoms with Crippen LogP contribution in [-0.4, -0.2) is 62.4 Å². The third-order valence-electron chi connectivity index (χ3n) is 11.6. The van der Waals surface area contributed by atoms with Crippen molar-refractivity contribution in [2.45, 2.75) is 97.1 Å². The lowest BCUT2D eigenvalue weighted by Gasteiger charge is -2.62. The van der Waals surface area contributed by atoms with Crippen molar-refractivity contribution in [1.82, 2.24) is 10.2 Å². The Kier molecular flexibility index (Phi) is 8.06. The fraction of sp³-hybridized carbons (Fsp3) is 0.966. The molecule has 0 heterocycles. The van der Waals surface area contributed by atoms with E-state index in [4.69, 9.17) is 4.74 Å². The molecule has 4 aliphatic carbocycles. The molecule has 4 aliphatic rings. The molecular formula is C29H52N2O3. The first-order chi connectivity index (χ1) is 16.1. The summed E-state index contributed by atoms with van der Waals surface area (Å²) in [6.07, 6.45) is 11.3. The summed E-state index contributed by atoms with van der Waals surface area (Å²) in [5.74, 6) is 3.74. The van der Waals surface area contributed by atoms with Crippen molar-refractivity contribution in [2.24, 2.45) is 46.3 Å². The highest BCUT2D eigenvalue weighted by Crippen LogP contribution is 2.68. The van der Waals surface area contributed by atoms with Crippen LogP contribution in [0.25, 0.3) is 0 Å². The Hall–Kier alpha value is -0.650. The Bertz CT molecular complexity index is 713. The molecule has 0 aromatic rings. The van der Waals surface area contributed by atoms with Gasteiger partial charge in [0.15, 0.2) is 0 Å². The van der Waals surface area contributed by atoms with Crippen LogP contribution in [0.2, 0.25) is 0 Å². The SMILES string of the molecule is COC(=O)CCC(C)C1CCC2C3CCC4CC(NCCN(C)C)CCC4(C)C3CC(O)C12C. The van der Waals surface area contributed by atoms with Crippen molar-refractivity contribution < 1.29 is 14.6 Å². The number of carbonyl (C=O) groups is 1. The normalized spacial score (nSPS) is 44.8. The molecular weight excluding hydrogens is 424 g/mol. The summed E-state index contributed by atoms with van der Waals surface area (Å²) < 4.78 is 4.89. The number of likely N-dealkylation sites (N-methyl/N-ethyl adjacent to an activating group) is 1. The number of esters is 1. The molecule has 4 saturated carbocycles. The number of aliphatic hydroxyl groups is 1. The molecule has 0 amide bonds. The maximum Gasteiger partial charge on any atom is 0.305 e. The molecule has 0 aliphatic heterocycles. The van der Waals surface area contributed by atoms with Crippen molar-refractivity contribution in [3.05, 3.63) is 0 Å². The summed E-state index contributed by atoms with van der Waals surface area (Å²) in [4.78, 5) is 14.0. The zero-order valence-corrected chi connectivity index (χ0v) is 22.8. The van der Waals surface area contributed by atoms with E-state index in [-0.39, 0.29) is 17.5 Å². The molecule has 0 spiro atoms. The highest BCUT2D eigenvalue weighted by Gasteiger charge is 2.63. The molecule has 2 N–H and O–H groups in total. The highest BCUT2D eigenvalue weighted by molar-refractivity contribution is 5.69. The van der Waals surface area contributed by atoms with E-state index in [1.165, 1.54) is 52.1 Å². The van der Waals surface area contributed by atoms with Crippen LogP contribution < -0.4 is 5.32 Å². The smallest absolute Gasteiger partial charge is 0.305 e. The van der Waals surface area contributed by atoms with Gasteiger partial charge in [-0.15, -0.1) is 0 Å². The second-order valence-corrected chi connectivity index (χ2v) is 13.3. The molecule has 4 rings (SSSR count). The third kappa shape index (κ3) is 4.70. The summed E-state index contributed by atoms with van der Waals surface area (Å²) in [7, 11) is 5.78. The van der Waals surface area contributed by atoms with Crippen molar-refractivity contribution in [2.75, 3.05) is 34.3 Å². The Morgan fingerprint density at radius 2 is 1.88 bits per heavy atom. The van der Waals surface area contributed by atoms with E-state index in [0.717, 1.165) is 37.8 Å². The Morgan fingerprint density at radius 3 is 2.59 bits per heavy atom. The van der Waals surface area contributed by atoms with Crippen molar-refractivity contribution in [1.29, 1.82) is 0 Å². The van der Waals surface area contributed by atoms with Gasteiger partial charge in [-0.3, -0.25) is 4.79 Å². The average Bonchev–Trinajstić information content (AvgIpc) is 3.16.